The molecule has 1 aliphatic heterocycles. The predicted molar refractivity (Wildman–Crippen MR) is 89.7 cm³/mol. The van der Waals surface area contributed by atoms with Gasteiger partial charge in [-0.05, 0) is 57.5 Å². The molecule has 0 aromatic carbocycles. The summed E-state index contributed by atoms with van der Waals surface area (Å²) in [5.74, 6) is 2.89. The van der Waals surface area contributed by atoms with E-state index in [1.165, 1.54) is 25.7 Å². The minimum atomic E-state index is 0. The summed E-state index contributed by atoms with van der Waals surface area (Å²) >= 11 is 0. The Bertz CT molecular complexity index is 484. The summed E-state index contributed by atoms with van der Waals surface area (Å²) in [6.07, 6.45) is 7.96. The van der Waals surface area contributed by atoms with E-state index in [1.54, 1.807) is 0 Å². The molecule has 1 aromatic rings. The van der Waals surface area contributed by atoms with Gasteiger partial charge in [0.2, 0.25) is 11.8 Å². The highest BCUT2D eigenvalue weighted by atomic mass is 35.5. The Hall–Kier alpha value is -1.14. The molecule has 0 spiro atoms. The molecule has 0 bridgehead atoms. The maximum atomic E-state index is 11.8. The molecule has 1 saturated carbocycles. The van der Waals surface area contributed by atoms with E-state index in [4.69, 9.17) is 4.52 Å². The monoisotopic (exact) mass is 342 g/mol. The lowest BCUT2D eigenvalue weighted by Crippen LogP contribution is -2.33. The SMILES string of the molecule is Cl.O=C(CCCc1nc(C2CC2)no1)NCCC1CCCNC1. The second-order valence-electron chi connectivity index (χ2n) is 6.53. The highest BCUT2D eigenvalue weighted by Gasteiger charge is 2.28. The number of amides is 1. The minimum Gasteiger partial charge on any atom is -0.356 e. The molecule has 2 heterocycles. The second-order valence-corrected chi connectivity index (χ2v) is 6.53. The van der Waals surface area contributed by atoms with Crippen LogP contribution in [0.25, 0.3) is 0 Å². The van der Waals surface area contributed by atoms with Gasteiger partial charge in [-0.3, -0.25) is 4.79 Å². The third-order valence-electron chi connectivity index (χ3n) is 4.49. The molecule has 1 aliphatic carbocycles. The van der Waals surface area contributed by atoms with Crippen LogP contribution in [0.2, 0.25) is 0 Å². The predicted octanol–water partition coefficient (Wildman–Crippen LogP) is 2.20. The normalized spacial score (nSPS) is 20.8. The van der Waals surface area contributed by atoms with E-state index in [1.807, 2.05) is 0 Å². The fourth-order valence-electron chi connectivity index (χ4n) is 2.95. The number of rotatable bonds is 8. The first-order valence-electron chi connectivity index (χ1n) is 8.61. The molecule has 1 amide bonds. The molecular weight excluding hydrogens is 316 g/mol. The molecule has 1 aromatic heterocycles. The van der Waals surface area contributed by atoms with Crippen LogP contribution >= 0.6 is 12.4 Å². The van der Waals surface area contributed by atoms with Crippen molar-refractivity contribution in [3.05, 3.63) is 11.7 Å². The number of carbonyl (C=O) groups is 1. The van der Waals surface area contributed by atoms with Crippen LogP contribution in [0.15, 0.2) is 4.52 Å². The van der Waals surface area contributed by atoms with Gasteiger partial charge in [-0.25, -0.2) is 0 Å². The van der Waals surface area contributed by atoms with Crippen molar-refractivity contribution in [3.63, 3.8) is 0 Å². The van der Waals surface area contributed by atoms with Crippen molar-refractivity contribution < 1.29 is 9.32 Å². The molecule has 23 heavy (non-hydrogen) atoms. The average Bonchev–Trinajstić information content (AvgIpc) is 3.28. The maximum absolute atomic E-state index is 11.8. The summed E-state index contributed by atoms with van der Waals surface area (Å²) in [7, 11) is 0. The van der Waals surface area contributed by atoms with Gasteiger partial charge >= 0.3 is 0 Å². The zero-order chi connectivity index (χ0) is 15.2. The third-order valence-corrected chi connectivity index (χ3v) is 4.49. The summed E-state index contributed by atoms with van der Waals surface area (Å²) in [5, 5.41) is 10.4. The minimum absolute atomic E-state index is 0. The lowest BCUT2D eigenvalue weighted by molar-refractivity contribution is -0.121. The van der Waals surface area contributed by atoms with E-state index in [-0.39, 0.29) is 18.3 Å². The van der Waals surface area contributed by atoms with Gasteiger partial charge in [0.05, 0.1) is 0 Å². The van der Waals surface area contributed by atoms with Gasteiger partial charge in [-0.15, -0.1) is 12.4 Å². The van der Waals surface area contributed by atoms with Crippen LogP contribution in [0, 0.1) is 5.92 Å². The summed E-state index contributed by atoms with van der Waals surface area (Å²) in [4.78, 5) is 16.2. The Morgan fingerprint density at radius 1 is 1.35 bits per heavy atom. The van der Waals surface area contributed by atoms with E-state index >= 15 is 0 Å². The zero-order valence-electron chi connectivity index (χ0n) is 13.6. The van der Waals surface area contributed by atoms with Crippen molar-refractivity contribution in [1.82, 2.24) is 20.8 Å². The Morgan fingerprint density at radius 3 is 2.96 bits per heavy atom. The average molecular weight is 343 g/mol. The molecule has 130 valence electrons. The number of nitrogens with one attached hydrogen (secondary N) is 2. The number of nitrogens with zero attached hydrogens (tertiary/aromatic N) is 2. The highest BCUT2D eigenvalue weighted by Crippen LogP contribution is 2.38. The van der Waals surface area contributed by atoms with Gasteiger partial charge in [0.25, 0.3) is 0 Å². The Labute approximate surface area is 143 Å². The van der Waals surface area contributed by atoms with Crippen LogP contribution in [-0.4, -0.2) is 35.7 Å². The molecule has 6 nitrogen and oxygen atoms in total. The molecule has 0 radical (unpaired) electrons. The van der Waals surface area contributed by atoms with Crippen molar-refractivity contribution in [1.29, 1.82) is 0 Å². The van der Waals surface area contributed by atoms with Crippen LogP contribution in [0.3, 0.4) is 0 Å². The number of carbonyl (C=O) groups excluding carboxylic acids is 1. The summed E-state index contributed by atoms with van der Waals surface area (Å²) in [6.45, 7) is 3.02. The van der Waals surface area contributed by atoms with Gasteiger partial charge in [0.1, 0.15) is 0 Å². The number of aromatic nitrogens is 2. The van der Waals surface area contributed by atoms with E-state index in [0.29, 0.717) is 30.6 Å². The van der Waals surface area contributed by atoms with Gasteiger partial charge in [0, 0.05) is 25.3 Å². The van der Waals surface area contributed by atoms with Gasteiger partial charge in [0.15, 0.2) is 5.82 Å². The molecule has 1 unspecified atom stereocenters. The maximum Gasteiger partial charge on any atom is 0.226 e. The summed E-state index contributed by atoms with van der Waals surface area (Å²) in [6, 6.07) is 0. The second kappa shape index (κ2) is 9.23. The number of aryl methyl sites for hydroxylation is 1. The van der Waals surface area contributed by atoms with Gasteiger partial charge < -0.3 is 15.2 Å². The summed E-state index contributed by atoms with van der Waals surface area (Å²) < 4.78 is 5.21. The quantitative estimate of drug-likeness (QED) is 0.757. The molecule has 3 rings (SSSR count). The van der Waals surface area contributed by atoms with Crippen molar-refractivity contribution >= 4 is 18.3 Å². The lowest BCUT2D eigenvalue weighted by Gasteiger charge is -2.22. The molecule has 2 aliphatic rings. The van der Waals surface area contributed by atoms with Crippen LogP contribution in [0.5, 0.6) is 0 Å². The number of hydrogen-bond donors (Lipinski definition) is 2. The van der Waals surface area contributed by atoms with Crippen molar-refractivity contribution in [2.75, 3.05) is 19.6 Å². The molecule has 2 fully saturated rings. The molecule has 1 atom stereocenters. The van der Waals surface area contributed by atoms with Crippen LogP contribution in [-0.2, 0) is 11.2 Å². The molecule has 7 heteroatoms. The largest absolute Gasteiger partial charge is 0.356 e. The number of halogens is 1. The number of hydrogen-bond acceptors (Lipinski definition) is 5. The van der Waals surface area contributed by atoms with Crippen molar-refractivity contribution in [2.24, 2.45) is 5.92 Å². The van der Waals surface area contributed by atoms with E-state index < -0.39 is 0 Å². The highest BCUT2D eigenvalue weighted by molar-refractivity contribution is 5.85. The van der Waals surface area contributed by atoms with Crippen molar-refractivity contribution in [3.8, 4) is 0 Å². The van der Waals surface area contributed by atoms with Gasteiger partial charge in [-0.1, -0.05) is 5.16 Å². The lowest BCUT2D eigenvalue weighted by atomic mass is 9.96. The summed E-state index contributed by atoms with van der Waals surface area (Å²) in [5.41, 5.74) is 0. The standard InChI is InChI=1S/C16H26N4O2.ClH/c21-14(18-10-8-12-3-2-9-17-11-12)4-1-5-15-19-16(20-22-15)13-6-7-13;/h12-13,17H,1-11H2,(H,18,21);1H. The molecular formula is C16H27ClN4O2. The smallest absolute Gasteiger partial charge is 0.226 e. The van der Waals surface area contributed by atoms with Crippen LogP contribution in [0.1, 0.15) is 62.6 Å². The first kappa shape index (κ1) is 18.2. The Balaban J connectivity index is 0.00000192. The van der Waals surface area contributed by atoms with Gasteiger partial charge in [-0.2, -0.15) is 4.98 Å². The van der Waals surface area contributed by atoms with Crippen LogP contribution < -0.4 is 10.6 Å². The Morgan fingerprint density at radius 2 is 2.22 bits per heavy atom. The van der Waals surface area contributed by atoms with Crippen molar-refractivity contribution in [2.45, 2.75) is 57.3 Å². The topological polar surface area (TPSA) is 80.0 Å². The number of piperidine rings is 1. The fourth-order valence-corrected chi connectivity index (χ4v) is 2.95. The zero-order valence-corrected chi connectivity index (χ0v) is 14.4. The molecule has 2 N–H and O–H groups in total. The fraction of sp³-hybridized carbons (Fsp3) is 0.812. The van der Waals surface area contributed by atoms with E-state index in [2.05, 4.69) is 20.8 Å². The third kappa shape index (κ3) is 6.11. The Kier molecular flexibility index (Phi) is 7.30. The first-order valence-corrected chi connectivity index (χ1v) is 8.61. The first-order chi connectivity index (χ1) is 10.8. The molecule has 1 saturated heterocycles. The van der Waals surface area contributed by atoms with E-state index in [9.17, 15) is 4.79 Å². The van der Waals surface area contributed by atoms with E-state index in [0.717, 1.165) is 38.3 Å². The van der Waals surface area contributed by atoms with Crippen LogP contribution in [0.4, 0.5) is 0 Å².